The highest BCUT2D eigenvalue weighted by molar-refractivity contribution is 7.89. The van der Waals surface area contributed by atoms with Crippen molar-refractivity contribution in [2.24, 2.45) is 0 Å². The summed E-state index contributed by atoms with van der Waals surface area (Å²) in [5.74, 6) is -1.27. The van der Waals surface area contributed by atoms with Gasteiger partial charge in [0.05, 0.1) is 11.3 Å². The van der Waals surface area contributed by atoms with Crippen LogP contribution < -0.4 is 10.1 Å². The lowest BCUT2D eigenvalue weighted by molar-refractivity contribution is -0.274. The van der Waals surface area contributed by atoms with Crippen molar-refractivity contribution in [1.29, 1.82) is 0 Å². The number of nitrogens with zero attached hydrogens (tertiary/aromatic N) is 2. The van der Waals surface area contributed by atoms with Gasteiger partial charge in [-0.25, -0.2) is 12.7 Å². The van der Waals surface area contributed by atoms with Gasteiger partial charge in [0.2, 0.25) is 10.0 Å². The van der Waals surface area contributed by atoms with E-state index in [0.717, 1.165) is 6.07 Å². The Kier molecular flexibility index (Phi) is 7.80. The second kappa shape index (κ2) is 10.1. The van der Waals surface area contributed by atoms with E-state index in [2.05, 4.69) is 15.0 Å². The third kappa shape index (κ3) is 5.95. The summed E-state index contributed by atoms with van der Waals surface area (Å²) in [6.45, 7) is 5.85. The molecule has 7 nitrogen and oxygen atoms in total. The van der Waals surface area contributed by atoms with Crippen LogP contribution in [0.2, 0.25) is 0 Å². The number of para-hydroxylation sites is 1. The molecule has 0 saturated carbocycles. The number of ether oxygens (including phenoxy) is 1. The first kappa shape index (κ1) is 26.9. The zero-order chi connectivity index (χ0) is 25.9. The summed E-state index contributed by atoms with van der Waals surface area (Å²) < 4.78 is 69.4. The number of pyridine rings is 1. The molecular weight excluding hydrogens is 483 g/mol. The third-order valence-electron chi connectivity index (χ3n) is 6.57. The number of nitrogens with one attached hydrogen (secondary N) is 1. The Labute approximate surface area is 203 Å². The number of carbonyl (C=O) groups is 1. The second-order valence-corrected chi connectivity index (χ2v) is 11.2. The maximum absolute atomic E-state index is 13.2. The van der Waals surface area contributed by atoms with Gasteiger partial charge in [-0.05, 0) is 57.4 Å². The molecule has 0 atom stereocenters. The number of piperidine rings is 1. The zero-order valence-corrected chi connectivity index (χ0v) is 20.7. The molecule has 1 aliphatic rings. The number of aromatic nitrogens is 1. The summed E-state index contributed by atoms with van der Waals surface area (Å²) in [5, 5.41) is 2.89. The fraction of sp³-hybridized carbons (Fsp3) is 0.500. The van der Waals surface area contributed by atoms with Crippen LogP contribution in [-0.2, 0) is 15.4 Å². The van der Waals surface area contributed by atoms with Crippen molar-refractivity contribution in [1.82, 2.24) is 14.6 Å². The molecule has 192 valence electrons. The molecule has 1 saturated heterocycles. The lowest BCUT2D eigenvalue weighted by atomic mass is 9.63. The van der Waals surface area contributed by atoms with E-state index in [1.165, 1.54) is 22.5 Å². The molecule has 0 aliphatic carbocycles. The van der Waals surface area contributed by atoms with E-state index in [1.807, 2.05) is 12.1 Å². The fourth-order valence-electron chi connectivity index (χ4n) is 4.72. The Morgan fingerprint density at radius 1 is 1.11 bits per heavy atom. The van der Waals surface area contributed by atoms with Crippen LogP contribution in [0.1, 0.15) is 56.1 Å². The van der Waals surface area contributed by atoms with Crippen LogP contribution in [0, 0.1) is 0 Å². The number of carbonyl (C=O) groups excluding carboxylic acids is 1. The monoisotopic (exact) mass is 513 g/mol. The standard InChI is InChI=1S/C24H30F3N3O4S/c1-4-17-35(32,33)30-15-12-23(13-16-30,20-11-7-8-14-28-20)22(2,3)29-21(31)18-9-5-6-10-19(18)34-24(25,26)27/h5-11,14H,4,12-13,15-17H2,1-3H3,(H,29,31). The van der Waals surface area contributed by atoms with Crippen molar-refractivity contribution in [2.45, 2.75) is 57.3 Å². The van der Waals surface area contributed by atoms with E-state index in [4.69, 9.17) is 0 Å². The summed E-state index contributed by atoms with van der Waals surface area (Å²) in [6, 6.07) is 10.6. The molecule has 0 spiro atoms. The quantitative estimate of drug-likeness (QED) is 0.570. The Hall–Kier alpha value is -2.66. The summed E-state index contributed by atoms with van der Waals surface area (Å²) >= 11 is 0. The van der Waals surface area contributed by atoms with Gasteiger partial charge >= 0.3 is 6.36 Å². The number of amides is 1. The van der Waals surface area contributed by atoms with Crippen molar-refractivity contribution < 1.29 is 31.1 Å². The van der Waals surface area contributed by atoms with Crippen molar-refractivity contribution in [3.63, 3.8) is 0 Å². The van der Waals surface area contributed by atoms with E-state index >= 15 is 0 Å². The molecule has 1 aromatic carbocycles. The minimum atomic E-state index is -4.95. The van der Waals surface area contributed by atoms with Crippen LogP contribution in [0.4, 0.5) is 13.2 Å². The predicted octanol–water partition coefficient (Wildman–Crippen LogP) is 4.26. The van der Waals surface area contributed by atoms with Gasteiger partial charge < -0.3 is 10.1 Å². The molecular formula is C24H30F3N3O4S. The number of alkyl halides is 3. The first-order valence-electron chi connectivity index (χ1n) is 11.4. The third-order valence-corrected chi connectivity index (χ3v) is 8.64. The fourth-order valence-corrected chi connectivity index (χ4v) is 6.23. The Morgan fingerprint density at radius 2 is 1.74 bits per heavy atom. The van der Waals surface area contributed by atoms with E-state index in [-0.39, 0.29) is 24.4 Å². The topological polar surface area (TPSA) is 88.6 Å². The molecule has 2 aromatic rings. The van der Waals surface area contributed by atoms with Crippen molar-refractivity contribution in [3.05, 3.63) is 59.9 Å². The minimum absolute atomic E-state index is 0.0553. The lowest BCUT2D eigenvalue weighted by Crippen LogP contribution is -2.62. The van der Waals surface area contributed by atoms with Crippen molar-refractivity contribution in [2.75, 3.05) is 18.8 Å². The van der Waals surface area contributed by atoms with Crippen LogP contribution >= 0.6 is 0 Å². The van der Waals surface area contributed by atoms with Crippen LogP contribution in [0.3, 0.4) is 0 Å². The molecule has 0 bridgehead atoms. The average Bonchev–Trinajstić information content (AvgIpc) is 2.78. The van der Waals surface area contributed by atoms with Gasteiger partial charge in [-0.2, -0.15) is 0 Å². The Balaban J connectivity index is 1.93. The highest BCUT2D eigenvalue weighted by Crippen LogP contribution is 2.44. The molecule has 0 radical (unpaired) electrons. The number of hydrogen-bond donors (Lipinski definition) is 1. The van der Waals surface area contributed by atoms with Crippen molar-refractivity contribution >= 4 is 15.9 Å². The summed E-state index contributed by atoms with van der Waals surface area (Å²) in [6.07, 6.45) is -2.06. The SMILES string of the molecule is CCCS(=O)(=O)N1CCC(c2ccccn2)(C(C)(C)NC(=O)c2ccccc2OC(F)(F)F)CC1. The maximum atomic E-state index is 13.2. The number of benzene rings is 1. The van der Waals surface area contributed by atoms with E-state index in [1.54, 1.807) is 33.0 Å². The lowest BCUT2D eigenvalue weighted by Gasteiger charge is -2.51. The first-order valence-corrected chi connectivity index (χ1v) is 13.0. The molecule has 1 fully saturated rings. The van der Waals surface area contributed by atoms with Gasteiger partial charge in [-0.15, -0.1) is 13.2 Å². The number of rotatable bonds is 8. The van der Waals surface area contributed by atoms with Gasteiger partial charge in [-0.1, -0.05) is 25.1 Å². The number of halogens is 3. The molecule has 1 N–H and O–H groups in total. The molecule has 0 unspecified atom stereocenters. The molecule has 1 amide bonds. The second-order valence-electron chi connectivity index (χ2n) is 9.14. The highest BCUT2D eigenvalue weighted by Gasteiger charge is 2.51. The van der Waals surface area contributed by atoms with Crippen LogP contribution in [0.5, 0.6) is 5.75 Å². The summed E-state index contributed by atoms with van der Waals surface area (Å²) in [5.41, 5.74) is -1.33. The number of hydrogen-bond acceptors (Lipinski definition) is 5. The largest absolute Gasteiger partial charge is 0.573 e. The van der Waals surface area contributed by atoms with E-state index in [0.29, 0.717) is 25.0 Å². The van der Waals surface area contributed by atoms with Gasteiger partial charge in [0.15, 0.2) is 0 Å². The van der Waals surface area contributed by atoms with Gasteiger partial charge in [0.25, 0.3) is 5.91 Å². The zero-order valence-electron chi connectivity index (χ0n) is 19.9. The van der Waals surface area contributed by atoms with Gasteiger partial charge in [-0.3, -0.25) is 9.78 Å². The smallest absolute Gasteiger partial charge is 0.405 e. The Bertz CT molecular complexity index is 1130. The average molecular weight is 514 g/mol. The normalized spacial score (nSPS) is 17.1. The van der Waals surface area contributed by atoms with Gasteiger partial charge in [0.1, 0.15) is 5.75 Å². The molecule has 11 heteroatoms. The van der Waals surface area contributed by atoms with Crippen LogP contribution in [0.15, 0.2) is 48.7 Å². The highest BCUT2D eigenvalue weighted by atomic mass is 32.2. The van der Waals surface area contributed by atoms with Crippen LogP contribution in [-0.4, -0.2) is 54.4 Å². The Morgan fingerprint density at radius 3 is 2.31 bits per heavy atom. The van der Waals surface area contributed by atoms with E-state index < -0.39 is 39.0 Å². The summed E-state index contributed by atoms with van der Waals surface area (Å²) in [7, 11) is -3.40. The minimum Gasteiger partial charge on any atom is -0.405 e. The number of sulfonamides is 1. The molecule has 1 aromatic heterocycles. The molecule has 1 aliphatic heterocycles. The predicted molar refractivity (Wildman–Crippen MR) is 125 cm³/mol. The van der Waals surface area contributed by atoms with Gasteiger partial charge in [0, 0.05) is 35.9 Å². The van der Waals surface area contributed by atoms with E-state index in [9.17, 15) is 26.4 Å². The first-order chi connectivity index (χ1) is 16.3. The summed E-state index contributed by atoms with van der Waals surface area (Å²) in [4.78, 5) is 17.7. The molecule has 3 rings (SSSR count). The molecule has 2 heterocycles. The molecule has 35 heavy (non-hydrogen) atoms. The maximum Gasteiger partial charge on any atom is 0.573 e. The van der Waals surface area contributed by atoms with Crippen molar-refractivity contribution in [3.8, 4) is 5.75 Å². The van der Waals surface area contributed by atoms with Crippen LogP contribution in [0.25, 0.3) is 0 Å².